The highest BCUT2D eigenvalue weighted by Crippen LogP contribution is 2.16. The van der Waals surface area contributed by atoms with Gasteiger partial charge in [-0.25, -0.2) is 5.43 Å². The van der Waals surface area contributed by atoms with Crippen molar-refractivity contribution in [3.63, 3.8) is 0 Å². The topological polar surface area (TPSA) is 101 Å². The van der Waals surface area contributed by atoms with Gasteiger partial charge in [0.05, 0.1) is 17.2 Å². The zero-order valence-corrected chi connectivity index (χ0v) is 15.9. The van der Waals surface area contributed by atoms with E-state index < -0.39 is 11.8 Å². The summed E-state index contributed by atoms with van der Waals surface area (Å²) >= 11 is 9.15. The molecule has 0 aliphatic carbocycles. The summed E-state index contributed by atoms with van der Waals surface area (Å²) in [4.78, 5) is 35.9. The van der Waals surface area contributed by atoms with E-state index in [1.807, 2.05) is 0 Å². The lowest BCUT2D eigenvalue weighted by Crippen LogP contribution is -2.32. The van der Waals surface area contributed by atoms with Crippen LogP contribution in [0.15, 0.2) is 67.5 Å². The first kappa shape index (κ1) is 18.8. The van der Waals surface area contributed by atoms with Gasteiger partial charge >= 0.3 is 11.8 Å². The van der Waals surface area contributed by atoms with E-state index in [4.69, 9.17) is 16.0 Å². The van der Waals surface area contributed by atoms with Crippen molar-refractivity contribution in [1.82, 2.24) is 5.43 Å². The lowest BCUT2D eigenvalue weighted by Gasteiger charge is -2.03. The second-order valence-corrected chi connectivity index (χ2v) is 6.67. The number of hydrazone groups is 1. The molecule has 0 aliphatic rings. The van der Waals surface area contributed by atoms with Gasteiger partial charge in [0.2, 0.25) is 5.43 Å². The Hall–Kier alpha value is -2.97. The average Bonchev–Trinajstić information content (AvgIpc) is 2.65. The quantitative estimate of drug-likeness (QED) is 0.365. The largest absolute Gasteiger partial charge is 0.463 e. The van der Waals surface area contributed by atoms with Crippen LogP contribution in [-0.2, 0) is 9.59 Å². The van der Waals surface area contributed by atoms with Gasteiger partial charge in [-0.1, -0.05) is 27.5 Å². The fraction of sp³-hybridized carbons (Fsp3) is 0. The van der Waals surface area contributed by atoms with Gasteiger partial charge < -0.3 is 9.73 Å². The molecule has 0 aliphatic heterocycles. The molecule has 0 saturated heterocycles. The fourth-order valence-electron chi connectivity index (χ4n) is 2.14. The Morgan fingerprint density at radius 2 is 1.85 bits per heavy atom. The molecule has 0 radical (unpaired) electrons. The van der Waals surface area contributed by atoms with Crippen LogP contribution in [0.3, 0.4) is 0 Å². The molecule has 0 saturated carbocycles. The van der Waals surface area contributed by atoms with Crippen LogP contribution in [0.25, 0.3) is 11.0 Å². The van der Waals surface area contributed by atoms with Gasteiger partial charge in [-0.15, -0.1) is 0 Å². The summed E-state index contributed by atoms with van der Waals surface area (Å²) in [5.74, 6) is -1.88. The molecular weight excluding hydrogens is 438 g/mol. The maximum Gasteiger partial charge on any atom is 0.329 e. The number of hydrogen-bond acceptors (Lipinski definition) is 5. The van der Waals surface area contributed by atoms with Crippen LogP contribution in [-0.4, -0.2) is 18.0 Å². The van der Waals surface area contributed by atoms with E-state index in [0.29, 0.717) is 16.3 Å². The Morgan fingerprint density at radius 3 is 2.59 bits per heavy atom. The van der Waals surface area contributed by atoms with E-state index in [9.17, 15) is 14.4 Å². The van der Waals surface area contributed by atoms with Gasteiger partial charge in [-0.2, -0.15) is 5.10 Å². The number of fused-ring (bicyclic) bond motifs is 1. The third kappa shape index (κ3) is 4.60. The molecule has 27 heavy (non-hydrogen) atoms. The molecule has 0 bridgehead atoms. The number of halogens is 2. The Kier molecular flexibility index (Phi) is 5.68. The number of carbonyl (C=O) groups excluding carboxylic acids is 2. The van der Waals surface area contributed by atoms with Crippen LogP contribution in [0.4, 0.5) is 5.69 Å². The molecule has 3 aromatic rings. The zero-order valence-electron chi connectivity index (χ0n) is 13.5. The molecule has 0 fully saturated rings. The van der Waals surface area contributed by atoms with E-state index in [1.165, 1.54) is 12.3 Å². The average molecular weight is 449 g/mol. The minimum absolute atomic E-state index is 0.0957. The lowest BCUT2D eigenvalue weighted by molar-refractivity contribution is -0.136. The molecule has 0 atom stereocenters. The molecule has 3 rings (SSSR count). The van der Waals surface area contributed by atoms with Crippen LogP contribution in [0, 0.1) is 0 Å². The Bertz CT molecular complexity index is 1110. The van der Waals surface area contributed by atoms with Crippen LogP contribution in [0.5, 0.6) is 0 Å². The van der Waals surface area contributed by atoms with Gasteiger partial charge in [0.1, 0.15) is 11.8 Å². The van der Waals surface area contributed by atoms with Crippen LogP contribution in [0.1, 0.15) is 5.56 Å². The molecule has 9 heteroatoms. The van der Waals surface area contributed by atoms with E-state index in [-0.39, 0.29) is 16.4 Å². The van der Waals surface area contributed by atoms with Crippen LogP contribution in [0.2, 0.25) is 5.02 Å². The molecule has 2 amide bonds. The number of carbonyl (C=O) groups is 2. The monoisotopic (exact) mass is 447 g/mol. The fourth-order valence-corrected chi connectivity index (χ4v) is 2.58. The number of benzene rings is 2. The smallest absolute Gasteiger partial charge is 0.329 e. The summed E-state index contributed by atoms with van der Waals surface area (Å²) < 4.78 is 6.16. The summed E-state index contributed by atoms with van der Waals surface area (Å²) in [5, 5.41) is 6.71. The standard InChI is InChI=1S/C18H11BrClN3O4/c19-11-1-4-13(5-2-11)22-17(25)18(26)23-21-8-10-9-27-15-6-3-12(20)7-14(15)16(10)24/h1-9H,(H,22,25)(H,23,26)/b21-8+. The molecule has 2 aromatic carbocycles. The molecule has 2 N–H and O–H groups in total. The Morgan fingerprint density at radius 1 is 1.11 bits per heavy atom. The summed E-state index contributed by atoms with van der Waals surface area (Å²) in [6, 6.07) is 11.4. The van der Waals surface area contributed by atoms with Crippen molar-refractivity contribution in [2.45, 2.75) is 0 Å². The molecule has 1 aromatic heterocycles. The number of nitrogens with zero attached hydrogens (tertiary/aromatic N) is 1. The van der Waals surface area contributed by atoms with Crippen LogP contribution >= 0.6 is 27.5 Å². The van der Waals surface area contributed by atoms with Gasteiger partial charge in [0, 0.05) is 15.2 Å². The van der Waals surface area contributed by atoms with E-state index in [2.05, 4.69) is 31.8 Å². The molecule has 0 spiro atoms. The zero-order chi connectivity index (χ0) is 19.4. The second-order valence-electron chi connectivity index (χ2n) is 5.32. The number of rotatable bonds is 3. The Balaban J connectivity index is 1.68. The number of amides is 2. The van der Waals surface area contributed by atoms with Gasteiger partial charge in [0.15, 0.2) is 0 Å². The van der Waals surface area contributed by atoms with Crippen molar-refractivity contribution in [3.05, 3.63) is 74.0 Å². The molecule has 1 heterocycles. The van der Waals surface area contributed by atoms with Crippen molar-refractivity contribution in [2.24, 2.45) is 5.10 Å². The normalized spacial score (nSPS) is 10.9. The summed E-state index contributed by atoms with van der Waals surface area (Å²) in [7, 11) is 0. The van der Waals surface area contributed by atoms with Crippen molar-refractivity contribution >= 4 is 62.2 Å². The number of nitrogens with one attached hydrogen (secondary N) is 2. The SMILES string of the molecule is O=C(N/N=C/c1coc2ccc(Cl)cc2c1=O)C(=O)Nc1ccc(Br)cc1. The molecular formula is C18H11BrClN3O4. The third-order valence-corrected chi connectivity index (χ3v) is 4.20. The lowest BCUT2D eigenvalue weighted by atomic mass is 10.2. The first-order valence-electron chi connectivity index (χ1n) is 7.55. The molecule has 0 unspecified atom stereocenters. The predicted octanol–water partition coefficient (Wildman–Crippen LogP) is 3.30. The van der Waals surface area contributed by atoms with E-state index >= 15 is 0 Å². The van der Waals surface area contributed by atoms with Crippen LogP contribution < -0.4 is 16.2 Å². The summed E-state index contributed by atoms with van der Waals surface area (Å²) in [5.41, 5.74) is 2.61. The highest BCUT2D eigenvalue weighted by atomic mass is 79.9. The predicted molar refractivity (Wildman–Crippen MR) is 106 cm³/mol. The number of hydrogen-bond donors (Lipinski definition) is 2. The molecule has 136 valence electrons. The highest BCUT2D eigenvalue weighted by molar-refractivity contribution is 9.10. The van der Waals surface area contributed by atoms with E-state index in [0.717, 1.165) is 10.7 Å². The highest BCUT2D eigenvalue weighted by Gasteiger charge is 2.13. The first-order chi connectivity index (χ1) is 12.9. The third-order valence-electron chi connectivity index (χ3n) is 3.44. The van der Waals surface area contributed by atoms with Crippen molar-refractivity contribution in [2.75, 3.05) is 5.32 Å². The van der Waals surface area contributed by atoms with Gasteiger partial charge in [-0.3, -0.25) is 14.4 Å². The minimum atomic E-state index is -0.984. The molecule has 7 nitrogen and oxygen atoms in total. The van der Waals surface area contributed by atoms with Crippen molar-refractivity contribution < 1.29 is 14.0 Å². The van der Waals surface area contributed by atoms with Gasteiger partial charge in [-0.05, 0) is 42.5 Å². The summed E-state index contributed by atoms with van der Waals surface area (Å²) in [6.07, 6.45) is 2.30. The maximum absolute atomic E-state index is 12.4. The van der Waals surface area contributed by atoms with Crippen molar-refractivity contribution in [1.29, 1.82) is 0 Å². The summed E-state index contributed by atoms with van der Waals surface area (Å²) in [6.45, 7) is 0. The Labute approximate surface area is 166 Å². The van der Waals surface area contributed by atoms with Crippen molar-refractivity contribution in [3.8, 4) is 0 Å². The first-order valence-corrected chi connectivity index (χ1v) is 8.72. The maximum atomic E-state index is 12.4. The minimum Gasteiger partial charge on any atom is -0.463 e. The van der Waals surface area contributed by atoms with Gasteiger partial charge in [0.25, 0.3) is 0 Å². The number of anilines is 1. The second kappa shape index (κ2) is 8.15. The van der Waals surface area contributed by atoms with E-state index in [1.54, 1.807) is 36.4 Å².